The lowest BCUT2D eigenvalue weighted by molar-refractivity contribution is -0.120. The van der Waals surface area contributed by atoms with Crippen molar-refractivity contribution in [3.63, 3.8) is 0 Å². The second-order valence-electron chi connectivity index (χ2n) is 7.95. The van der Waals surface area contributed by atoms with Crippen LogP contribution in [-0.4, -0.2) is 33.6 Å². The minimum Gasteiger partial charge on any atom is -0.347 e. The molecule has 6 nitrogen and oxygen atoms in total. The molecule has 1 aliphatic heterocycles. The van der Waals surface area contributed by atoms with Crippen molar-refractivity contribution in [3.8, 4) is 11.3 Å². The number of amides is 1. The molecule has 164 valence electrons. The predicted octanol–water partition coefficient (Wildman–Crippen LogP) is 4.90. The average molecular weight is 454 g/mol. The van der Waals surface area contributed by atoms with Crippen LogP contribution in [0.1, 0.15) is 18.4 Å². The summed E-state index contributed by atoms with van der Waals surface area (Å²) in [6.07, 6.45) is 3.28. The Morgan fingerprint density at radius 3 is 2.50 bits per heavy atom. The molecule has 1 fully saturated rings. The van der Waals surface area contributed by atoms with Gasteiger partial charge >= 0.3 is 0 Å². The number of hydrogen-bond donors (Lipinski definition) is 1. The molecule has 0 bridgehead atoms. The summed E-state index contributed by atoms with van der Waals surface area (Å²) in [5, 5.41) is 8.44. The first-order chi connectivity index (χ1) is 15.5. The van der Waals surface area contributed by atoms with E-state index >= 15 is 0 Å². The van der Waals surface area contributed by atoms with Gasteiger partial charge in [0.2, 0.25) is 16.0 Å². The maximum atomic E-state index is 13.3. The molecule has 1 N–H and O–H groups in total. The standard InChI is InChI=1S/C23H21F2N5OS/c1-14-12-18(25)6-7-19(14)26-21(31)16-8-10-29(11-9-16)23-28-30-13-20(27-22(30)32-23)15-2-4-17(24)5-3-15/h2-7,12-13,16H,8-11H2,1H3,(H,26,31). The first-order valence-electron chi connectivity index (χ1n) is 10.4. The van der Waals surface area contributed by atoms with E-state index in [1.165, 1.54) is 35.6 Å². The zero-order valence-corrected chi connectivity index (χ0v) is 18.2. The number of imidazole rings is 1. The van der Waals surface area contributed by atoms with Gasteiger partial charge in [0, 0.05) is 30.3 Å². The third-order valence-corrected chi connectivity index (χ3v) is 6.74. The van der Waals surface area contributed by atoms with Crippen LogP contribution < -0.4 is 10.2 Å². The molecule has 4 aromatic rings. The van der Waals surface area contributed by atoms with Crippen LogP contribution in [0.4, 0.5) is 19.6 Å². The maximum absolute atomic E-state index is 13.3. The number of anilines is 2. The maximum Gasteiger partial charge on any atom is 0.227 e. The van der Waals surface area contributed by atoms with Crippen molar-refractivity contribution in [2.24, 2.45) is 5.92 Å². The number of hydrogen-bond acceptors (Lipinski definition) is 5. The molecule has 2 aromatic heterocycles. The number of rotatable bonds is 4. The number of nitrogens with one attached hydrogen (secondary N) is 1. The summed E-state index contributed by atoms with van der Waals surface area (Å²) in [5.41, 5.74) is 2.95. The minimum absolute atomic E-state index is 0.0303. The van der Waals surface area contributed by atoms with Crippen LogP contribution in [-0.2, 0) is 4.79 Å². The van der Waals surface area contributed by atoms with E-state index in [0.29, 0.717) is 11.3 Å². The molecule has 0 spiro atoms. The number of halogens is 2. The average Bonchev–Trinajstić information content (AvgIpc) is 3.36. The van der Waals surface area contributed by atoms with Gasteiger partial charge in [-0.1, -0.05) is 11.3 Å². The minimum atomic E-state index is -0.312. The lowest BCUT2D eigenvalue weighted by Crippen LogP contribution is -2.38. The van der Waals surface area contributed by atoms with Crippen LogP contribution in [0.5, 0.6) is 0 Å². The molecule has 9 heteroatoms. The Hall–Kier alpha value is -3.33. The number of fused-ring (bicyclic) bond motifs is 1. The molecule has 1 amide bonds. The van der Waals surface area contributed by atoms with Gasteiger partial charge in [0.05, 0.1) is 11.9 Å². The third kappa shape index (κ3) is 4.08. The molecule has 0 saturated carbocycles. The highest BCUT2D eigenvalue weighted by Crippen LogP contribution is 2.30. The molecule has 5 rings (SSSR count). The highest BCUT2D eigenvalue weighted by Gasteiger charge is 2.27. The smallest absolute Gasteiger partial charge is 0.227 e. The van der Waals surface area contributed by atoms with Gasteiger partial charge in [-0.3, -0.25) is 4.79 Å². The van der Waals surface area contributed by atoms with Gasteiger partial charge in [0.25, 0.3) is 0 Å². The molecule has 0 radical (unpaired) electrons. The van der Waals surface area contributed by atoms with E-state index in [4.69, 9.17) is 0 Å². The molecule has 0 atom stereocenters. The third-order valence-electron chi connectivity index (χ3n) is 5.76. The summed E-state index contributed by atoms with van der Waals surface area (Å²) in [7, 11) is 0. The Morgan fingerprint density at radius 2 is 1.81 bits per heavy atom. The topological polar surface area (TPSA) is 62.5 Å². The molecule has 32 heavy (non-hydrogen) atoms. The summed E-state index contributed by atoms with van der Waals surface area (Å²) in [5.74, 6) is -0.712. The predicted molar refractivity (Wildman–Crippen MR) is 121 cm³/mol. The second-order valence-corrected chi connectivity index (χ2v) is 8.89. The van der Waals surface area contributed by atoms with E-state index < -0.39 is 0 Å². The number of nitrogens with zero attached hydrogens (tertiary/aromatic N) is 4. The van der Waals surface area contributed by atoms with Gasteiger partial charge in [-0.2, -0.15) is 0 Å². The van der Waals surface area contributed by atoms with Crippen molar-refractivity contribution in [1.29, 1.82) is 0 Å². The van der Waals surface area contributed by atoms with Crippen molar-refractivity contribution in [3.05, 3.63) is 65.9 Å². The quantitative estimate of drug-likeness (QED) is 0.478. The summed E-state index contributed by atoms with van der Waals surface area (Å²) in [6, 6.07) is 10.6. The molecule has 1 saturated heterocycles. The summed E-state index contributed by atoms with van der Waals surface area (Å²) in [6.45, 7) is 3.23. The highest BCUT2D eigenvalue weighted by atomic mass is 32.1. The largest absolute Gasteiger partial charge is 0.347 e. The molecule has 0 aliphatic carbocycles. The number of carbonyl (C=O) groups is 1. The van der Waals surface area contributed by atoms with Gasteiger partial charge in [-0.25, -0.2) is 18.3 Å². The van der Waals surface area contributed by atoms with E-state index in [0.717, 1.165) is 47.3 Å². The van der Waals surface area contributed by atoms with Crippen LogP contribution in [0.15, 0.2) is 48.7 Å². The summed E-state index contributed by atoms with van der Waals surface area (Å²) in [4.78, 5) is 20.2. The summed E-state index contributed by atoms with van der Waals surface area (Å²) >= 11 is 1.49. The lowest BCUT2D eigenvalue weighted by Gasteiger charge is -2.30. The SMILES string of the molecule is Cc1cc(F)ccc1NC(=O)C1CCN(c2nn3cc(-c4ccc(F)cc4)nc3s2)CC1. The van der Waals surface area contributed by atoms with E-state index in [2.05, 4.69) is 20.3 Å². The Labute approximate surface area is 187 Å². The van der Waals surface area contributed by atoms with Crippen LogP contribution in [0, 0.1) is 24.5 Å². The fourth-order valence-electron chi connectivity index (χ4n) is 3.91. The summed E-state index contributed by atoms with van der Waals surface area (Å²) < 4.78 is 28.2. The molecule has 2 aromatic carbocycles. The van der Waals surface area contributed by atoms with E-state index in [1.807, 2.05) is 6.20 Å². The first-order valence-corrected chi connectivity index (χ1v) is 11.2. The highest BCUT2D eigenvalue weighted by molar-refractivity contribution is 7.20. The Morgan fingerprint density at radius 1 is 1.09 bits per heavy atom. The number of benzene rings is 2. The normalized spacial score (nSPS) is 14.8. The van der Waals surface area contributed by atoms with Gasteiger partial charge < -0.3 is 10.2 Å². The van der Waals surface area contributed by atoms with Gasteiger partial charge in [0.1, 0.15) is 11.6 Å². The number of piperidine rings is 1. The van der Waals surface area contributed by atoms with Crippen molar-refractivity contribution in [2.75, 3.05) is 23.3 Å². The van der Waals surface area contributed by atoms with Crippen molar-refractivity contribution in [2.45, 2.75) is 19.8 Å². The lowest BCUT2D eigenvalue weighted by atomic mass is 9.96. The molecule has 3 heterocycles. The zero-order valence-electron chi connectivity index (χ0n) is 17.4. The fourth-order valence-corrected chi connectivity index (χ4v) is 4.85. The second kappa shape index (κ2) is 8.31. The van der Waals surface area contributed by atoms with Gasteiger partial charge in [-0.05, 0) is 67.8 Å². The van der Waals surface area contributed by atoms with Crippen LogP contribution in [0.2, 0.25) is 0 Å². The molecular formula is C23H21F2N5OS. The van der Waals surface area contributed by atoms with Crippen molar-refractivity contribution in [1.82, 2.24) is 14.6 Å². The fraction of sp³-hybridized carbons (Fsp3) is 0.261. The van der Waals surface area contributed by atoms with E-state index in [1.54, 1.807) is 29.6 Å². The molecule has 1 aliphatic rings. The van der Waals surface area contributed by atoms with Crippen LogP contribution in [0.3, 0.4) is 0 Å². The number of aryl methyl sites for hydroxylation is 1. The molecular weight excluding hydrogens is 432 g/mol. The van der Waals surface area contributed by atoms with E-state index in [9.17, 15) is 13.6 Å². The van der Waals surface area contributed by atoms with Crippen LogP contribution in [0.25, 0.3) is 16.2 Å². The Bertz CT molecular complexity index is 1240. The zero-order chi connectivity index (χ0) is 22.2. The van der Waals surface area contributed by atoms with Crippen molar-refractivity contribution < 1.29 is 13.6 Å². The van der Waals surface area contributed by atoms with Crippen LogP contribution >= 0.6 is 11.3 Å². The van der Waals surface area contributed by atoms with Gasteiger partial charge in [0.15, 0.2) is 0 Å². The monoisotopic (exact) mass is 453 g/mol. The van der Waals surface area contributed by atoms with E-state index in [-0.39, 0.29) is 23.5 Å². The number of carbonyl (C=O) groups excluding carboxylic acids is 1. The molecule has 0 unspecified atom stereocenters. The first kappa shape index (κ1) is 20.6. The van der Waals surface area contributed by atoms with Gasteiger partial charge in [-0.15, -0.1) is 5.10 Å². The number of aromatic nitrogens is 3. The Balaban J connectivity index is 1.22. The van der Waals surface area contributed by atoms with Crippen molar-refractivity contribution >= 4 is 33.0 Å². The Kier molecular flexibility index (Phi) is 5.34.